The lowest BCUT2D eigenvalue weighted by molar-refractivity contribution is -0.481. The first-order valence-electron chi connectivity index (χ1n) is 6.03. The molecule has 0 fully saturated rings. The van der Waals surface area contributed by atoms with Crippen molar-refractivity contribution in [2.24, 2.45) is 0 Å². The molecule has 0 radical (unpaired) electrons. The van der Waals surface area contributed by atoms with Gasteiger partial charge in [-0.3, -0.25) is 0 Å². The molecule has 1 aliphatic rings. The van der Waals surface area contributed by atoms with E-state index in [1.807, 2.05) is 0 Å². The second kappa shape index (κ2) is 4.04. The Morgan fingerprint density at radius 2 is 1.95 bits per heavy atom. The summed E-state index contributed by atoms with van der Waals surface area (Å²) in [6.07, 6.45) is 0. The van der Waals surface area contributed by atoms with Crippen molar-refractivity contribution in [3.63, 3.8) is 0 Å². The fourth-order valence-electron chi connectivity index (χ4n) is 2.14. The molecule has 6 heteroatoms. The molecule has 0 amide bonds. The van der Waals surface area contributed by atoms with Crippen LogP contribution in [0.4, 0.5) is 0 Å². The number of hydrogen-bond acceptors (Lipinski definition) is 4. The van der Waals surface area contributed by atoms with Crippen LogP contribution in [0, 0.1) is 10.1 Å². The van der Waals surface area contributed by atoms with Gasteiger partial charge in [-0.2, -0.15) is 0 Å². The number of ether oxygens (including phenoxy) is 2. The van der Waals surface area contributed by atoms with E-state index in [9.17, 15) is 10.1 Å². The molecular formula is C13H14N2O4. The molecule has 0 unspecified atom stereocenters. The molecule has 19 heavy (non-hydrogen) atoms. The van der Waals surface area contributed by atoms with E-state index in [4.69, 9.17) is 9.47 Å². The molecule has 1 aromatic carbocycles. The Kier molecular flexibility index (Phi) is 2.58. The Labute approximate surface area is 109 Å². The van der Waals surface area contributed by atoms with E-state index >= 15 is 0 Å². The highest BCUT2D eigenvalue weighted by molar-refractivity contribution is 5.72. The van der Waals surface area contributed by atoms with E-state index in [0.29, 0.717) is 22.4 Å². The molecule has 0 saturated heterocycles. The molecule has 2 aromatic rings. The SMILES string of the molecule is CC1(C)OCc2c([n+](=O)c3ccccc3n2[O-])CO1. The minimum atomic E-state index is -0.814. The molecule has 0 bridgehead atoms. The number of rotatable bonds is 0. The van der Waals surface area contributed by atoms with Crippen molar-refractivity contribution in [1.29, 1.82) is 0 Å². The predicted octanol–water partition coefficient (Wildman–Crippen LogP) is 1.68. The first kappa shape index (κ1) is 12.1. The lowest BCUT2D eigenvalue weighted by atomic mass is 10.2. The summed E-state index contributed by atoms with van der Waals surface area (Å²) < 4.78 is 12.5. The van der Waals surface area contributed by atoms with E-state index in [1.165, 1.54) is 0 Å². The van der Waals surface area contributed by atoms with Gasteiger partial charge in [-0.1, -0.05) is 12.1 Å². The van der Waals surface area contributed by atoms with Crippen LogP contribution in [0.3, 0.4) is 0 Å². The van der Waals surface area contributed by atoms with Crippen LogP contribution in [-0.4, -0.2) is 10.5 Å². The Morgan fingerprint density at radius 3 is 2.74 bits per heavy atom. The van der Waals surface area contributed by atoms with Crippen molar-refractivity contribution in [2.45, 2.75) is 32.8 Å². The summed E-state index contributed by atoms with van der Waals surface area (Å²) >= 11 is 0. The number of benzene rings is 1. The fourth-order valence-corrected chi connectivity index (χ4v) is 2.14. The zero-order valence-corrected chi connectivity index (χ0v) is 10.8. The summed E-state index contributed by atoms with van der Waals surface area (Å²) in [6.45, 7) is 3.61. The third-order valence-corrected chi connectivity index (χ3v) is 3.26. The highest BCUT2D eigenvalue weighted by atomic mass is 16.7. The average Bonchev–Trinajstić information content (AvgIpc) is 2.55. The lowest BCUT2D eigenvalue weighted by Gasteiger charge is -2.22. The zero-order chi connectivity index (χ0) is 13.6. The normalized spacial score (nSPS) is 18.0. The monoisotopic (exact) mass is 262 g/mol. The van der Waals surface area contributed by atoms with Crippen LogP contribution in [0.15, 0.2) is 24.3 Å². The van der Waals surface area contributed by atoms with Gasteiger partial charge in [0.2, 0.25) is 0 Å². The van der Waals surface area contributed by atoms with Gasteiger partial charge in [-0.25, -0.2) is 0 Å². The van der Waals surface area contributed by atoms with Gasteiger partial charge in [0.25, 0.3) is 11.2 Å². The van der Waals surface area contributed by atoms with Crippen LogP contribution >= 0.6 is 0 Å². The van der Waals surface area contributed by atoms with Gasteiger partial charge in [0.15, 0.2) is 5.79 Å². The standard InChI is InChI=1S/C13H14N2O4/c1-13(2)18-7-11-12(8-19-13)15(17)10-6-4-3-5-9(10)14(11)16/h3-6H,7-8H2,1-2H3. The van der Waals surface area contributed by atoms with Crippen molar-refractivity contribution in [3.8, 4) is 0 Å². The van der Waals surface area contributed by atoms with Gasteiger partial charge in [0.1, 0.15) is 17.8 Å². The van der Waals surface area contributed by atoms with Crippen LogP contribution in [0.1, 0.15) is 25.2 Å². The minimum absolute atomic E-state index is 0.0545. The number of fused-ring (bicyclic) bond motifs is 2. The number of aromatic nitrogens is 2. The predicted molar refractivity (Wildman–Crippen MR) is 67.7 cm³/mol. The minimum Gasteiger partial charge on any atom is -0.805 e. The first-order valence-corrected chi connectivity index (χ1v) is 6.03. The Balaban J connectivity index is 2.30. The molecule has 2 heterocycles. The highest BCUT2D eigenvalue weighted by Gasteiger charge is 2.31. The molecule has 6 nitrogen and oxygen atoms in total. The van der Waals surface area contributed by atoms with Crippen molar-refractivity contribution in [1.82, 2.24) is 4.73 Å². The molecular weight excluding hydrogens is 248 g/mol. The summed E-state index contributed by atoms with van der Waals surface area (Å²) in [5.41, 5.74) is 1.28. The topological polar surface area (TPSA) is 69.4 Å². The molecule has 100 valence electrons. The summed E-state index contributed by atoms with van der Waals surface area (Å²) in [6, 6.07) is 6.68. The van der Waals surface area contributed by atoms with E-state index in [0.717, 1.165) is 9.16 Å². The fraction of sp³-hybridized carbons (Fsp3) is 0.385. The maximum atomic E-state index is 12.3. The van der Waals surface area contributed by atoms with Gasteiger partial charge in [0.05, 0.1) is 11.0 Å². The third kappa shape index (κ3) is 1.89. The molecule has 0 atom stereocenters. The second-order valence-electron chi connectivity index (χ2n) is 4.95. The molecule has 0 spiro atoms. The van der Waals surface area contributed by atoms with Gasteiger partial charge in [-0.15, -0.1) is 0 Å². The van der Waals surface area contributed by atoms with Gasteiger partial charge in [-0.05, 0) is 19.9 Å². The summed E-state index contributed by atoms with van der Waals surface area (Å²) in [5.74, 6) is -0.814. The smallest absolute Gasteiger partial charge is 0.287 e. The lowest BCUT2D eigenvalue weighted by Crippen LogP contribution is -2.28. The Morgan fingerprint density at radius 1 is 1.26 bits per heavy atom. The van der Waals surface area contributed by atoms with Gasteiger partial charge < -0.3 is 19.4 Å². The Hall–Kier alpha value is -1.92. The molecule has 1 aliphatic heterocycles. The van der Waals surface area contributed by atoms with E-state index in [-0.39, 0.29) is 13.2 Å². The van der Waals surface area contributed by atoms with Gasteiger partial charge in [0, 0.05) is 11.0 Å². The molecule has 3 rings (SSSR count). The highest BCUT2D eigenvalue weighted by Crippen LogP contribution is 2.24. The summed E-state index contributed by atoms with van der Waals surface area (Å²) in [4.78, 5) is 12.3. The van der Waals surface area contributed by atoms with E-state index < -0.39 is 5.79 Å². The third-order valence-electron chi connectivity index (χ3n) is 3.26. The zero-order valence-electron chi connectivity index (χ0n) is 10.8. The summed E-state index contributed by atoms with van der Waals surface area (Å²) in [5, 5.41) is 12.3. The molecule has 0 saturated carbocycles. The van der Waals surface area contributed by atoms with E-state index in [1.54, 1.807) is 38.1 Å². The molecule has 0 aliphatic carbocycles. The molecule has 0 N–H and O–H groups in total. The van der Waals surface area contributed by atoms with Gasteiger partial charge >= 0.3 is 0 Å². The maximum Gasteiger partial charge on any atom is 0.287 e. The van der Waals surface area contributed by atoms with Crippen LogP contribution in [0.2, 0.25) is 0 Å². The van der Waals surface area contributed by atoms with Crippen molar-refractivity contribution in [2.75, 3.05) is 0 Å². The van der Waals surface area contributed by atoms with Crippen molar-refractivity contribution >= 4 is 11.0 Å². The quantitative estimate of drug-likeness (QED) is 0.677. The largest absolute Gasteiger partial charge is 0.805 e. The van der Waals surface area contributed by atoms with Crippen LogP contribution in [0.25, 0.3) is 11.0 Å². The Bertz CT molecular complexity index is 706. The van der Waals surface area contributed by atoms with E-state index in [2.05, 4.69) is 0 Å². The number of hydrogen-bond donors (Lipinski definition) is 0. The van der Waals surface area contributed by atoms with Crippen molar-refractivity contribution < 1.29 is 13.9 Å². The number of nitrogens with zero attached hydrogens (tertiary/aromatic N) is 2. The maximum absolute atomic E-state index is 12.3. The summed E-state index contributed by atoms with van der Waals surface area (Å²) in [7, 11) is 0. The first-order chi connectivity index (χ1) is 8.99. The second-order valence-corrected chi connectivity index (χ2v) is 4.95. The van der Waals surface area contributed by atoms with Crippen LogP contribution in [-0.2, 0) is 22.7 Å². The molecule has 1 aromatic heterocycles. The van der Waals surface area contributed by atoms with Crippen LogP contribution < -0.4 is 4.43 Å². The van der Waals surface area contributed by atoms with Crippen molar-refractivity contribution in [3.05, 3.63) is 45.8 Å². The average molecular weight is 262 g/mol. The van der Waals surface area contributed by atoms with Crippen LogP contribution in [0.5, 0.6) is 0 Å². The number of para-hydroxylation sites is 2.